The van der Waals surface area contributed by atoms with Gasteiger partial charge in [-0.1, -0.05) is 42.3 Å². The first-order chi connectivity index (χ1) is 16.9. The highest BCUT2D eigenvalue weighted by atomic mass is 35.5. The third-order valence-electron chi connectivity index (χ3n) is 7.46. The maximum atomic E-state index is 14.0. The first-order valence-corrected chi connectivity index (χ1v) is 13.3. The highest BCUT2D eigenvalue weighted by Crippen LogP contribution is 2.49. The summed E-state index contributed by atoms with van der Waals surface area (Å²) in [5, 5.41) is 1.00. The molecule has 4 rings (SSSR count). The molecule has 190 valence electrons. The van der Waals surface area contributed by atoms with E-state index < -0.39 is 5.54 Å². The van der Waals surface area contributed by atoms with E-state index in [0.29, 0.717) is 23.1 Å². The number of piperidine rings is 1. The zero-order valence-electron chi connectivity index (χ0n) is 20.8. The van der Waals surface area contributed by atoms with Crippen LogP contribution in [0.2, 0.25) is 10.0 Å². The summed E-state index contributed by atoms with van der Waals surface area (Å²) in [5.41, 5.74) is 1.03. The number of Topliss-reactive ketones (excluding diaryl/α,β-unsaturated/α-hetero) is 1. The van der Waals surface area contributed by atoms with Crippen LogP contribution in [0, 0.1) is 0 Å². The Morgan fingerprint density at radius 3 is 2.66 bits per heavy atom. The highest BCUT2D eigenvalue weighted by molar-refractivity contribution is 6.42. The summed E-state index contributed by atoms with van der Waals surface area (Å²) >= 11 is 12.7. The molecule has 0 radical (unpaired) electrons. The van der Waals surface area contributed by atoms with Gasteiger partial charge in [-0.15, -0.1) is 0 Å². The number of anilines is 1. The molecule has 5 nitrogen and oxygen atoms in total. The Morgan fingerprint density at radius 1 is 1.17 bits per heavy atom. The number of carbonyl (C=O) groups is 1. The van der Waals surface area contributed by atoms with Crippen LogP contribution in [0.5, 0.6) is 5.75 Å². The van der Waals surface area contributed by atoms with E-state index in [1.807, 2.05) is 42.5 Å². The SMILES string of the molecule is CCC(OC1CCCOC1)C1(C(C)=O)C(c2ccc(Cl)c(Cl)c2)CCCN1c1cccc(OC)c1. The lowest BCUT2D eigenvalue weighted by atomic mass is 9.66. The van der Waals surface area contributed by atoms with Crippen molar-refractivity contribution in [3.63, 3.8) is 0 Å². The Balaban J connectivity index is 1.88. The van der Waals surface area contributed by atoms with E-state index in [4.69, 9.17) is 37.4 Å². The molecule has 0 aromatic heterocycles. The zero-order valence-corrected chi connectivity index (χ0v) is 22.3. The van der Waals surface area contributed by atoms with Crippen molar-refractivity contribution in [3.05, 3.63) is 58.1 Å². The van der Waals surface area contributed by atoms with Crippen LogP contribution < -0.4 is 9.64 Å². The van der Waals surface area contributed by atoms with E-state index in [1.165, 1.54) is 0 Å². The maximum absolute atomic E-state index is 14.0. The molecule has 0 bridgehead atoms. The van der Waals surface area contributed by atoms with Crippen LogP contribution in [0.3, 0.4) is 0 Å². The van der Waals surface area contributed by atoms with Crippen molar-refractivity contribution < 1.29 is 19.0 Å². The average Bonchev–Trinajstić information content (AvgIpc) is 2.89. The van der Waals surface area contributed by atoms with Crippen LogP contribution in [-0.4, -0.2) is 50.4 Å². The second-order valence-corrected chi connectivity index (χ2v) is 10.3. The molecule has 2 aromatic rings. The van der Waals surface area contributed by atoms with E-state index in [1.54, 1.807) is 14.0 Å². The van der Waals surface area contributed by atoms with E-state index in [9.17, 15) is 4.79 Å². The van der Waals surface area contributed by atoms with Gasteiger partial charge in [0.05, 0.1) is 36.0 Å². The van der Waals surface area contributed by atoms with E-state index in [0.717, 1.165) is 55.8 Å². The Bertz CT molecular complexity index is 1030. The summed E-state index contributed by atoms with van der Waals surface area (Å²) in [6.45, 7) is 5.86. The number of nitrogens with zero attached hydrogens (tertiary/aromatic N) is 1. The van der Waals surface area contributed by atoms with E-state index in [2.05, 4.69) is 11.8 Å². The van der Waals surface area contributed by atoms with Gasteiger partial charge in [0, 0.05) is 30.8 Å². The molecule has 4 atom stereocenters. The number of halogens is 2. The van der Waals surface area contributed by atoms with Gasteiger partial charge in [0.2, 0.25) is 0 Å². The molecule has 0 amide bonds. The molecule has 2 aliphatic rings. The second kappa shape index (κ2) is 11.5. The van der Waals surface area contributed by atoms with Gasteiger partial charge in [-0.2, -0.15) is 0 Å². The van der Waals surface area contributed by atoms with Gasteiger partial charge in [0.25, 0.3) is 0 Å². The molecule has 35 heavy (non-hydrogen) atoms. The number of carbonyl (C=O) groups excluding carboxylic acids is 1. The third kappa shape index (κ3) is 5.20. The number of ether oxygens (including phenoxy) is 3. The van der Waals surface area contributed by atoms with E-state index in [-0.39, 0.29) is 23.9 Å². The summed E-state index contributed by atoms with van der Waals surface area (Å²) in [6, 6.07) is 13.7. The van der Waals surface area contributed by atoms with Crippen LogP contribution in [0.25, 0.3) is 0 Å². The van der Waals surface area contributed by atoms with Crippen molar-refractivity contribution in [3.8, 4) is 5.75 Å². The number of hydrogen-bond acceptors (Lipinski definition) is 5. The second-order valence-electron chi connectivity index (χ2n) is 9.48. The van der Waals surface area contributed by atoms with Crippen molar-refractivity contribution in [1.82, 2.24) is 0 Å². The minimum absolute atomic E-state index is 0.0338. The Morgan fingerprint density at radius 2 is 2.00 bits per heavy atom. The van der Waals surface area contributed by atoms with Crippen molar-refractivity contribution >= 4 is 34.7 Å². The topological polar surface area (TPSA) is 48.0 Å². The predicted molar refractivity (Wildman–Crippen MR) is 141 cm³/mol. The molecular weight excluding hydrogens is 485 g/mol. The molecular formula is C28H35Cl2NO4. The summed E-state index contributed by atoms with van der Waals surface area (Å²) in [4.78, 5) is 16.2. The number of hydrogen-bond donors (Lipinski definition) is 0. The normalized spacial score (nSPS) is 25.8. The minimum atomic E-state index is -0.923. The van der Waals surface area contributed by atoms with Crippen LogP contribution in [0.1, 0.15) is 57.4 Å². The molecule has 0 aliphatic carbocycles. The molecule has 2 saturated heterocycles. The lowest BCUT2D eigenvalue weighted by Crippen LogP contribution is -2.68. The van der Waals surface area contributed by atoms with Gasteiger partial charge in [0.15, 0.2) is 5.78 Å². The quantitative estimate of drug-likeness (QED) is 0.388. The number of benzene rings is 2. The molecule has 4 unspecified atom stereocenters. The van der Waals surface area contributed by atoms with Crippen LogP contribution in [0.4, 0.5) is 5.69 Å². The molecule has 0 N–H and O–H groups in total. The van der Waals surface area contributed by atoms with Gasteiger partial charge in [-0.25, -0.2) is 0 Å². The molecule has 2 heterocycles. The fourth-order valence-corrected chi connectivity index (χ4v) is 6.25. The monoisotopic (exact) mass is 519 g/mol. The van der Waals surface area contributed by atoms with Crippen molar-refractivity contribution in [2.75, 3.05) is 31.8 Å². The molecule has 0 spiro atoms. The summed E-state index contributed by atoms with van der Waals surface area (Å²) in [5.74, 6) is 0.718. The van der Waals surface area contributed by atoms with Crippen molar-refractivity contribution in [2.24, 2.45) is 0 Å². The molecule has 0 saturated carbocycles. The fraction of sp³-hybridized carbons (Fsp3) is 0.536. The first kappa shape index (κ1) is 26.3. The van der Waals surface area contributed by atoms with Crippen LogP contribution >= 0.6 is 23.2 Å². The Labute approximate surface area is 218 Å². The largest absolute Gasteiger partial charge is 0.497 e. The lowest BCUT2D eigenvalue weighted by Gasteiger charge is -2.56. The number of methoxy groups -OCH3 is 1. The van der Waals surface area contributed by atoms with Crippen molar-refractivity contribution in [1.29, 1.82) is 0 Å². The van der Waals surface area contributed by atoms with Crippen LogP contribution in [-0.2, 0) is 14.3 Å². The maximum Gasteiger partial charge on any atom is 0.158 e. The number of rotatable bonds is 8. The molecule has 2 aromatic carbocycles. The lowest BCUT2D eigenvalue weighted by molar-refractivity contribution is -0.143. The summed E-state index contributed by atoms with van der Waals surface area (Å²) in [7, 11) is 1.66. The smallest absolute Gasteiger partial charge is 0.158 e. The van der Waals surface area contributed by atoms with E-state index >= 15 is 0 Å². The Kier molecular flexibility index (Phi) is 8.64. The highest BCUT2D eigenvalue weighted by Gasteiger charge is 2.56. The molecule has 2 fully saturated rings. The van der Waals surface area contributed by atoms with Crippen molar-refractivity contribution in [2.45, 2.75) is 69.6 Å². The van der Waals surface area contributed by atoms with Gasteiger partial charge in [0.1, 0.15) is 11.3 Å². The summed E-state index contributed by atoms with van der Waals surface area (Å²) in [6.07, 6.45) is 3.99. The van der Waals surface area contributed by atoms with Crippen LogP contribution in [0.15, 0.2) is 42.5 Å². The van der Waals surface area contributed by atoms with Gasteiger partial charge < -0.3 is 19.1 Å². The molecule has 2 aliphatic heterocycles. The first-order valence-electron chi connectivity index (χ1n) is 12.5. The summed E-state index contributed by atoms with van der Waals surface area (Å²) < 4.78 is 18.0. The zero-order chi connectivity index (χ0) is 25.0. The Hall–Kier alpha value is -1.79. The average molecular weight is 520 g/mol. The number of ketones is 1. The van der Waals surface area contributed by atoms with Gasteiger partial charge in [-0.05, 0) is 68.9 Å². The third-order valence-corrected chi connectivity index (χ3v) is 8.20. The minimum Gasteiger partial charge on any atom is -0.497 e. The van der Waals surface area contributed by atoms with Gasteiger partial charge in [-0.3, -0.25) is 4.79 Å². The fourth-order valence-electron chi connectivity index (χ4n) is 5.94. The van der Waals surface area contributed by atoms with Gasteiger partial charge >= 0.3 is 0 Å². The molecule has 7 heteroatoms. The predicted octanol–water partition coefficient (Wildman–Crippen LogP) is 6.69. The standard InChI is InChI=1S/C28H35Cl2NO4/c1-4-27(35-23-10-7-15-34-18-23)28(19(2)32)24(20-12-13-25(29)26(30)16-20)11-6-14-31(28)21-8-5-9-22(17-21)33-3/h5,8-9,12-13,16-17,23-24,27H,4,6-7,10-11,14-15,18H2,1-3H3.